The lowest BCUT2D eigenvalue weighted by atomic mass is 9.85. The van der Waals surface area contributed by atoms with Gasteiger partial charge in [-0.05, 0) is 38.8 Å². The van der Waals surface area contributed by atoms with E-state index in [4.69, 9.17) is 4.18 Å². The van der Waals surface area contributed by atoms with Gasteiger partial charge in [-0.1, -0.05) is 12.8 Å². The van der Waals surface area contributed by atoms with Gasteiger partial charge in [-0.3, -0.25) is 4.18 Å². The van der Waals surface area contributed by atoms with E-state index in [9.17, 15) is 8.42 Å². The van der Waals surface area contributed by atoms with Gasteiger partial charge in [-0.25, -0.2) is 0 Å². The van der Waals surface area contributed by atoms with Gasteiger partial charge in [0.2, 0.25) is 0 Å². The largest absolute Gasteiger partial charge is 0.320 e. The monoisotopic (exact) mass is 235 g/mol. The van der Waals surface area contributed by atoms with Gasteiger partial charge in [0, 0.05) is 0 Å². The van der Waals surface area contributed by atoms with Crippen LogP contribution in [0.25, 0.3) is 0 Å². The first-order valence-corrected chi connectivity index (χ1v) is 7.36. The van der Waals surface area contributed by atoms with E-state index >= 15 is 0 Å². The van der Waals surface area contributed by atoms with Crippen molar-refractivity contribution in [3.8, 4) is 0 Å². The van der Waals surface area contributed by atoms with Gasteiger partial charge in [0.05, 0.1) is 12.4 Å². The topological polar surface area (TPSA) is 55.4 Å². The lowest BCUT2D eigenvalue weighted by Crippen LogP contribution is -2.26. The first-order chi connectivity index (χ1) is 7.01. The van der Waals surface area contributed by atoms with Crippen LogP contribution in [0.15, 0.2) is 0 Å². The fourth-order valence-electron chi connectivity index (χ4n) is 2.19. The summed E-state index contributed by atoms with van der Waals surface area (Å²) in [7, 11) is -1.35. The Kier molecular flexibility index (Phi) is 5.02. The maximum Gasteiger partial charge on any atom is 0.264 e. The molecule has 1 aliphatic rings. The van der Waals surface area contributed by atoms with E-state index in [0.717, 1.165) is 38.5 Å². The molecule has 90 valence electrons. The van der Waals surface area contributed by atoms with E-state index in [1.54, 1.807) is 0 Å². The normalized spacial score (nSPS) is 27.9. The molecule has 0 aromatic carbocycles. The molecule has 0 aromatic heterocycles. The summed E-state index contributed by atoms with van der Waals surface area (Å²) in [6.45, 7) is 0.996. The van der Waals surface area contributed by atoms with Crippen LogP contribution in [-0.2, 0) is 14.3 Å². The molecule has 1 saturated carbocycles. The minimum absolute atomic E-state index is 0.0874. The van der Waals surface area contributed by atoms with Crippen molar-refractivity contribution in [2.45, 2.75) is 38.2 Å². The molecule has 0 radical (unpaired) electrons. The summed E-state index contributed by atoms with van der Waals surface area (Å²) in [5.74, 6) is 0.609. The van der Waals surface area contributed by atoms with Crippen LogP contribution < -0.4 is 5.32 Å². The zero-order chi connectivity index (χ0) is 11.3. The van der Waals surface area contributed by atoms with Crippen LogP contribution in [0.2, 0.25) is 0 Å². The maximum atomic E-state index is 11.0. The van der Waals surface area contributed by atoms with Crippen molar-refractivity contribution in [1.29, 1.82) is 0 Å². The predicted molar refractivity (Wildman–Crippen MR) is 60.2 cm³/mol. The van der Waals surface area contributed by atoms with Crippen LogP contribution in [-0.4, -0.2) is 34.4 Å². The summed E-state index contributed by atoms with van der Waals surface area (Å²) in [5, 5.41) is 3.12. The van der Waals surface area contributed by atoms with E-state index in [2.05, 4.69) is 5.32 Å². The van der Waals surface area contributed by atoms with Crippen LogP contribution in [0.1, 0.15) is 32.1 Å². The number of rotatable bonds is 5. The second kappa shape index (κ2) is 5.82. The molecule has 0 spiro atoms. The average Bonchev–Trinajstić information content (AvgIpc) is 2.12. The SMILES string of the molecule is CNCCC1CCCC(OS(C)(=O)=O)C1. The molecule has 0 bridgehead atoms. The smallest absolute Gasteiger partial charge is 0.264 e. The molecule has 0 saturated heterocycles. The predicted octanol–water partition coefficient (Wildman–Crippen LogP) is 1.13. The third kappa shape index (κ3) is 5.49. The molecule has 0 aromatic rings. The third-order valence-corrected chi connectivity index (χ3v) is 3.47. The van der Waals surface area contributed by atoms with Gasteiger partial charge in [0.25, 0.3) is 10.1 Å². The molecular formula is C10H21NO3S. The minimum Gasteiger partial charge on any atom is -0.320 e. The third-order valence-electron chi connectivity index (χ3n) is 2.85. The van der Waals surface area contributed by atoms with Crippen molar-refractivity contribution in [2.24, 2.45) is 5.92 Å². The number of hydrogen-bond donors (Lipinski definition) is 1. The van der Waals surface area contributed by atoms with Crippen LogP contribution in [0.4, 0.5) is 0 Å². The molecule has 5 heteroatoms. The van der Waals surface area contributed by atoms with Crippen LogP contribution in [0.5, 0.6) is 0 Å². The van der Waals surface area contributed by atoms with E-state index in [1.807, 2.05) is 7.05 Å². The number of nitrogens with one attached hydrogen (secondary N) is 1. The summed E-state index contributed by atoms with van der Waals surface area (Å²) < 4.78 is 27.0. The summed E-state index contributed by atoms with van der Waals surface area (Å²) in [4.78, 5) is 0. The highest BCUT2D eigenvalue weighted by atomic mass is 32.2. The van der Waals surface area contributed by atoms with Crippen molar-refractivity contribution < 1.29 is 12.6 Å². The van der Waals surface area contributed by atoms with E-state index in [-0.39, 0.29) is 6.10 Å². The fourth-order valence-corrected chi connectivity index (χ4v) is 2.86. The van der Waals surface area contributed by atoms with Gasteiger partial charge in [0.15, 0.2) is 0 Å². The molecular weight excluding hydrogens is 214 g/mol. The Bertz CT molecular complexity index is 276. The number of hydrogen-bond acceptors (Lipinski definition) is 4. The van der Waals surface area contributed by atoms with Gasteiger partial charge in [0.1, 0.15) is 0 Å². The molecule has 1 fully saturated rings. The Balaban J connectivity index is 2.35. The Labute approximate surface area is 92.5 Å². The van der Waals surface area contributed by atoms with Gasteiger partial charge < -0.3 is 5.32 Å². The maximum absolute atomic E-state index is 11.0. The molecule has 2 atom stereocenters. The molecule has 0 aliphatic heterocycles. The average molecular weight is 235 g/mol. The summed E-state index contributed by atoms with van der Waals surface area (Å²) in [6, 6.07) is 0. The molecule has 0 amide bonds. The highest BCUT2D eigenvalue weighted by Gasteiger charge is 2.24. The first kappa shape index (κ1) is 12.9. The molecule has 1 rings (SSSR count). The quantitative estimate of drug-likeness (QED) is 0.726. The molecule has 0 heterocycles. The second-order valence-corrected chi connectivity index (χ2v) is 5.95. The van der Waals surface area contributed by atoms with Crippen LogP contribution in [0, 0.1) is 5.92 Å². The van der Waals surface area contributed by atoms with E-state index < -0.39 is 10.1 Å². The lowest BCUT2D eigenvalue weighted by molar-refractivity contribution is 0.128. The fraction of sp³-hybridized carbons (Fsp3) is 1.00. The Morgan fingerprint density at radius 3 is 2.73 bits per heavy atom. The van der Waals surface area contributed by atoms with Crippen molar-refractivity contribution in [2.75, 3.05) is 19.8 Å². The van der Waals surface area contributed by atoms with Crippen molar-refractivity contribution in [3.05, 3.63) is 0 Å². The van der Waals surface area contributed by atoms with Crippen LogP contribution in [0.3, 0.4) is 0 Å². The first-order valence-electron chi connectivity index (χ1n) is 5.54. The van der Waals surface area contributed by atoms with Crippen molar-refractivity contribution in [1.82, 2.24) is 5.32 Å². The molecule has 1 N–H and O–H groups in total. The highest BCUT2D eigenvalue weighted by Crippen LogP contribution is 2.29. The minimum atomic E-state index is -3.28. The summed E-state index contributed by atoms with van der Waals surface area (Å²) in [5.41, 5.74) is 0. The van der Waals surface area contributed by atoms with E-state index in [1.165, 1.54) is 6.42 Å². The second-order valence-electron chi connectivity index (χ2n) is 4.35. The van der Waals surface area contributed by atoms with Gasteiger partial charge in [-0.15, -0.1) is 0 Å². The van der Waals surface area contributed by atoms with Crippen LogP contribution >= 0.6 is 0 Å². The standard InChI is InChI=1S/C10H21NO3S/c1-11-7-6-9-4-3-5-10(8-9)14-15(2,12)13/h9-11H,3-8H2,1-2H3. The Morgan fingerprint density at radius 2 is 2.13 bits per heavy atom. The van der Waals surface area contributed by atoms with Crippen molar-refractivity contribution >= 4 is 10.1 Å². The summed E-state index contributed by atoms with van der Waals surface area (Å²) >= 11 is 0. The molecule has 1 aliphatic carbocycles. The molecule has 4 nitrogen and oxygen atoms in total. The van der Waals surface area contributed by atoms with E-state index in [0.29, 0.717) is 5.92 Å². The highest BCUT2D eigenvalue weighted by molar-refractivity contribution is 7.86. The van der Waals surface area contributed by atoms with Crippen molar-refractivity contribution in [3.63, 3.8) is 0 Å². The zero-order valence-corrected chi connectivity index (χ0v) is 10.3. The Morgan fingerprint density at radius 1 is 1.40 bits per heavy atom. The lowest BCUT2D eigenvalue weighted by Gasteiger charge is -2.28. The molecule has 2 unspecified atom stereocenters. The Hall–Kier alpha value is -0.130. The molecule has 15 heavy (non-hydrogen) atoms. The zero-order valence-electron chi connectivity index (χ0n) is 9.53. The van der Waals surface area contributed by atoms with Gasteiger partial charge in [-0.2, -0.15) is 8.42 Å². The van der Waals surface area contributed by atoms with Gasteiger partial charge >= 0.3 is 0 Å². The summed E-state index contributed by atoms with van der Waals surface area (Å²) in [6.07, 6.45) is 6.19.